The van der Waals surface area contributed by atoms with Crippen molar-refractivity contribution in [2.75, 3.05) is 7.05 Å². The molecule has 11 heteroatoms. The molecule has 2 heterocycles. The Kier molecular flexibility index (Phi) is 7.06. The van der Waals surface area contributed by atoms with Gasteiger partial charge in [0.25, 0.3) is 5.91 Å². The molecule has 0 saturated carbocycles. The lowest BCUT2D eigenvalue weighted by molar-refractivity contribution is 0.0780. The van der Waals surface area contributed by atoms with Crippen molar-refractivity contribution in [1.29, 1.82) is 0 Å². The molecule has 0 saturated heterocycles. The van der Waals surface area contributed by atoms with Crippen molar-refractivity contribution in [3.05, 3.63) is 101 Å². The number of carbonyl (C=O) groups excluding carboxylic acids is 1. The number of hydrogen-bond donors (Lipinski definition) is 1. The molecule has 4 rings (SSSR count). The molecule has 0 aliphatic rings. The molecule has 0 fully saturated rings. The van der Waals surface area contributed by atoms with Gasteiger partial charge in [0.05, 0.1) is 16.6 Å². The highest BCUT2D eigenvalue weighted by atomic mass is 32.2. The van der Waals surface area contributed by atoms with Gasteiger partial charge in [-0.15, -0.1) is 0 Å². The summed E-state index contributed by atoms with van der Waals surface area (Å²) in [5, 5.41) is -0.243. The van der Waals surface area contributed by atoms with Crippen molar-refractivity contribution in [3.8, 4) is 11.3 Å². The van der Waals surface area contributed by atoms with Gasteiger partial charge in [-0.25, -0.2) is 22.5 Å². The fourth-order valence-corrected chi connectivity index (χ4v) is 4.43. The zero-order chi connectivity index (χ0) is 25.1. The van der Waals surface area contributed by atoms with Crippen LogP contribution in [0.15, 0.2) is 66.1 Å². The molecule has 35 heavy (non-hydrogen) atoms. The van der Waals surface area contributed by atoms with E-state index in [-0.39, 0.29) is 23.1 Å². The minimum Gasteiger partial charge on any atom is -0.336 e. The monoisotopic (exact) mass is 502 g/mol. The summed E-state index contributed by atoms with van der Waals surface area (Å²) in [5.74, 6) is -5.52. The number of pyridine rings is 1. The number of hydrogen-bond acceptors (Lipinski definition) is 4. The molecule has 0 aliphatic heterocycles. The summed E-state index contributed by atoms with van der Waals surface area (Å²) < 4.78 is 68.1. The first-order valence-corrected chi connectivity index (χ1v) is 11.6. The second-order valence-electron chi connectivity index (χ2n) is 7.60. The number of imidazole rings is 1. The van der Waals surface area contributed by atoms with Gasteiger partial charge >= 0.3 is 0 Å². The summed E-state index contributed by atoms with van der Waals surface area (Å²) in [5.41, 5.74) is 0.497. The Morgan fingerprint density at radius 2 is 1.63 bits per heavy atom. The number of aromatic amines is 1. The van der Waals surface area contributed by atoms with Gasteiger partial charge in [-0.3, -0.25) is 14.0 Å². The number of benzene rings is 2. The van der Waals surface area contributed by atoms with E-state index in [4.69, 9.17) is 0 Å². The van der Waals surface area contributed by atoms with Gasteiger partial charge in [0.1, 0.15) is 23.0 Å². The fraction of sp³-hybridized carbons (Fsp3) is 0.125. The smallest absolute Gasteiger partial charge is 0.272 e. The molecule has 2 aromatic carbocycles. The van der Waals surface area contributed by atoms with Crippen LogP contribution in [-0.2, 0) is 23.1 Å². The number of nitrogens with one attached hydrogen (secondary N) is 1. The van der Waals surface area contributed by atoms with Crippen molar-refractivity contribution in [2.24, 2.45) is 0 Å². The maximum atomic E-state index is 14.1. The quantitative estimate of drug-likeness (QED) is 0.296. The zero-order valence-corrected chi connectivity index (χ0v) is 19.1. The van der Waals surface area contributed by atoms with Gasteiger partial charge in [-0.05, 0) is 54.1 Å². The Hall–Kier alpha value is -3.86. The molecule has 1 N–H and O–H groups in total. The molecule has 1 unspecified atom stereocenters. The highest BCUT2D eigenvalue weighted by molar-refractivity contribution is 7.84. The normalized spacial score (nSPS) is 11.9. The summed E-state index contributed by atoms with van der Waals surface area (Å²) in [6.07, 6.45) is 3.17. The van der Waals surface area contributed by atoms with Crippen molar-refractivity contribution < 1.29 is 26.6 Å². The lowest BCUT2D eigenvalue weighted by atomic mass is 10.1. The number of halogens is 4. The van der Waals surface area contributed by atoms with Crippen molar-refractivity contribution >= 4 is 16.7 Å². The molecule has 1 atom stereocenters. The van der Waals surface area contributed by atoms with Gasteiger partial charge < -0.3 is 9.88 Å². The summed E-state index contributed by atoms with van der Waals surface area (Å²) in [4.78, 5) is 25.5. The number of rotatable bonds is 7. The van der Waals surface area contributed by atoms with E-state index in [9.17, 15) is 26.6 Å². The number of nitrogens with zero attached hydrogens (tertiary/aromatic N) is 3. The predicted octanol–water partition coefficient (Wildman–Crippen LogP) is 4.61. The van der Waals surface area contributed by atoms with Crippen LogP contribution < -0.4 is 0 Å². The average molecular weight is 502 g/mol. The van der Waals surface area contributed by atoms with Crippen LogP contribution in [0.25, 0.3) is 11.3 Å². The molecule has 1 amide bonds. The third kappa shape index (κ3) is 5.29. The molecular formula is C24H18F4N4O2S. The molecule has 180 valence electrons. The summed E-state index contributed by atoms with van der Waals surface area (Å²) in [7, 11) is -0.617. The molecule has 0 spiro atoms. The zero-order valence-electron chi connectivity index (χ0n) is 18.3. The van der Waals surface area contributed by atoms with Crippen molar-refractivity contribution in [1.82, 2.24) is 19.9 Å². The van der Waals surface area contributed by atoms with Gasteiger partial charge in [-0.2, -0.15) is 0 Å². The molecule has 6 nitrogen and oxygen atoms in total. The predicted molar refractivity (Wildman–Crippen MR) is 120 cm³/mol. The Balaban J connectivity index is 1.70. The van der Waals surface area contributed by atoms with Crippen LogP contribution in [0.3, 0.4) is 0 Å². The summed E-state index contributed by atoms with van der Waals surface area (Å²) in [6, 6.07) is 9.97. The topological polar surface area (TPSA) is 79.0 Å². The highest BCUT2D eigenvalue weighted by Gasteiger charge is 2.25. The standard InChI is InChI=1S/C24H18F4N4O2S/c1-32(12-14-8-10-29-11-9-14)23(33)22-21(15-2-4-16(25)5-3-15)30-24(31-22)35(34)13-17-18(26)6-7-19(27)20(17)28/h2-11H,12-13H2,1H3,(H,30,31). The third-order valence-corrected chi connectivity index (χ3v) is 6.33. The largest absolute Gasteiger partial charge is 0.336 e. The first kappa shape index (κ1) is 24.3. The number of amides is 1. The van der Waals surface area contributed by atoms with E-state index in [0.717, 1.165) is 11.6 Å². The van der Waals surface area contributed by atoms with Gasteiger partial charge in [-0.1, -0.05) is 0 Å². The Labute approximate surface area is 200 Å². The van der Waals surface area contributed by atoms with Crippen LogP contribution in [0.2, 0.25) is 0 Å². The molecule has 0 aliphatic carbocycles. The highest BCUT2D eigenvalue weighted by Crippen LogP contribution is 2.26. The van der Waals surface area contributed by atoms with Crippen LogP contribution >= 0.6 is 0 Å². The molecular weight excluding hydrogens is 484 g/mol. The van der Waals surface area contributed by atoms with Crippen LogP contribution in [0, 0.1) is 23.3 Å². The SMILES string of the molecule is CN(Cc1ccncc1)C(=O)c1[nH]c(S(=O)Cc2c(F)ccc(F)c2F)nc1-c1ccc(F)cc1. The summed E-state index contributed by atoms with van der Waals surface area (Å²) >= 11 is 0. The lowest BCUT2D eigenvalue weighted by Gasteiger charge is -2.17. The first-order chi connectivity index (χ1) is 16.7. The first-order valence-electron chi connectivity index (χ1n) is 10.3. The van der Waals surface area contributed by atoms with Gasteiger partial charge in [0.15, 0.2) is 16.8 Å². The van der Waals surface area contributed by atoms with E-state index in [1.54, 1.807) is 31.6 Å². The van der Waals surface area contributed by atoms with Crippen LogP contribution in [0.5, 0.6) is 0 Å². The number of H-pyrrole nitrogens is 1. The molecule has 2 aromatic heterocycles. The van der Waals surface area contributed by atoms with Crippen LogP contribution in [0.4, 0.5) is 17.6 Å². The average Bonchev–Trinajstić information content (AvgIpc) is 3.30. The second kappa shape index (κ2) is 10.2. The van der Waals surface area contributed by atoms with Crippen molar-refractivity contribution in [3.63, 3.8) is 0 Å². The number of carbonyl (C=O) groups is 1. The minimum atomic E-state index is -2.16. The maximum absolute atomic E-state index is 14.1. The molecule has 0 radical (unpaired) electrons. The van der Waals surface area contributed by atoms with E-state index in [1.807, 2.05) is 0 Å². The maximum Gasteiger partial charge on any atom is 0.272 e. The van der Waals surface area contributed by atoms with E-state index < -0.39 is 51.3 Å². The number of aromatic nitrogens is 3. The van der Waals surface area contributed by atoms with E-state index in [2.05, 4.69) is 15.0 Å². The van der Waals surface area contributed by atoms with Gasteiger partial charge in [0.2, 0.25) is 0 Å². The Morgan fingerprint density at radius 1 is 0.971 bits per heavy atom. The molecule has 0 bridgehead atoms. The van der Waals surface area contributed by atoms with E-state index in [1.165, 1.54) is 29.2 Å². The van der Waals surface area contributed by atoms with E-state index >= 15 is 0 Å². The fourth-order valence-electron chi connectivity index (χ4n) is 3.36. The molecule has 4 aromatic rings. The van der Waals surface area contributed by atoms with Gasteiger partial charge in [0, 0.05) is 37.1 Å². The minimum absolute atomic E-state index is 0.0447. The lowest BCUT2D eigenvalue weighted by Crippen LogP contribution is -2.27. The second-order valence-corrected chi connectivity index (χ2v) is 8.97. The van der Waals surface area contributed by atoms with Crippen LogP contribution in [0.1, 0.15) is 21.6 Å². The summed E-state index contributed by atoms with van der Waals surface area (Å²) in [6.45, 7) is 0.224. The van der Waals surface area contributed by atoms with Crippen molar-refractivity contribution in [2.45, 2.75) is 17.5 Å². The third-order valence-electron chi connectivity index (χ3n) is 5.16. The van der Waals surface area contributed by atoms with E-state index in [0.29, 0.717) is 11.6 Å². The Bertz CT molecular complexity index is 1390. The Morgan fingerprint density at radius 3 is 2.31 bits per heavy atom. The van der Waals surface area contributed by atoms with Crippen LogP contribution in [-0.4, -0.2) is 37.0 Å².